The number of nitrogens with two attached hydrogens (primary N) is 1. The van der Waals surface area contributed by atoms with E-state index >= 15 is 0 Å². The highest BCUT2D eigenvalue weighted by atomic mass is 15.2. The molecule has 104 valence electrons. The summed E-state index contributed by atoms with van der Waals surface area (Å²) in [6, 6.07) is 0. The van der Waals surface area contributed by atoms with Gasteiger partial charge in [0.05, 0.1) is 6.20 Å². The summed E-state index contributed by atoms with van der Waals surface area (Å²) >= 11 is 0. The van der Waals surface area contributed by atoms with Crippen LogP contribution in [0.4, 0.5) is 5.82 Å². The monoisotopic (exact) mass is 261 g/mol. The van der Waals surface area contributed by atoms with E-state index in [1.807, 2.05) is 19.4 Å². The SMILES string of the molecule is CCCc1nc(-c2cnn(C)c2)c(N)n1CC(C)C. The van der Waals surface area contributed by atoms with Crippen molar-refractivity contribution in [1.29, 1.82) is 0 Å². The van der Waals surface area contributed by atoms with Crippen LogP contribution >= 0.6 is 0 Å². The number of anilines is 1. The van der Waals surface area contributed by atoms with Crippen molar-refractivity contribution in [1.82, 2.24) is 19.3 Å². The predicted molar refractivity (Wildman–Crippen MR) is 77.7 cm³/mol. The van der Waals surface area contributed by atoms with E-state index in [0.29, 0.717) is 5.92 Å². The van der Waals surface area contributed by atoms with Crippen molar-refractivity contribution >= 4 is 5.82 Å². The van der Waals surface area contributed by atoms with Crippen LogP contribution < -0.4 is 5.73 Å². The fourth-order valence-corrected chi connectivity index (χ4v) is 2.25. The van der Waals surface area contributed by atoms with Gasteiger partial charge in [-0.3, -0.25) is 4.68 Å². The molecule has 5 nitrogen and oxygen atoms in total. The quantitative estimate of drug-likeness (QED) is 0.899. The second kappa shape index (κ2) is 5.47. The van der Waals surface area contributed by atoms with Gasteiger partial charge in [0, 0.05) is 31.8 Å². The van der Waals surface area contributed by atoms with E-state index in [4.69, 9.17) is 10.7 Å². The van der Waals surface area contributed by atoms with Crippen molar-refractivity contribution in [3.8, 4) is 11.3 Å². The molecule has 0 amide bonds. The first-order chi connectivity index (χ1) is 9.02. The molecular formula is C14H23N5. The molecule has 0 aliphatic rings. The molecule has 0 saturated heterocycles. The average Bonchev–Trinajstić information content (AvgIpc) is 2.87. The van der Waals surface area contributed by atoms with Crippen LogP contribution in [0.3, 0.4) is 0 Å². The fraction of sp³-hybridized carbons (Fsp3) is 0.571. The molecule has 0 radical (unpaired) electrons. The van der Waals surface area contributed by atoms with Crippen molar-refractivity contribution in [3.05, 3.63) is 18.2 Å². The third kappa shape index (κ3) is 2.80. The number of aryl methyl sites for hydroxylation is 2. The number of nitrogen functional groups attached to an aromatic ring is 1. The number of hydrogen-bond donors (Lipinski definition) is 1. The van der Waals surface area contributed by atoms with Gasteiger partial charge in [0.15, 0.2) is 0 Å². The lowest BCUT2D eigenvalue weighted by molar-refractivity contribution is 0.510. The van der Waals surface area contributed by atoms with Gasteiger partial charge in [-0.1, -0.05) is 20.8 Å². The van der Waals surface area contributed by atoms with Gasteiger partial charge < -0.3 is 10.3 Å². The predicted octanol–water partition coefficient (Wildman–Crippen LogP) is 2.47. The lowest BCUT2D eigenvalue weighted by Crippen LogP contribution is -2.11. The first kappa shape index (κ1) is 13.6. The van der Waals surface area contributed by atoms with Gasteiger partial charge >= 0.3 is 0 Å². The third-order valence-corrected chi connectivity index (χ3v) is 3.09. The molecule has 0 unspecified atom stereocenters. The van der Waals surface area contributed by atoms with Crippen molar-refractivity contribution in [2.45, 2.75) is 40.2 Å². The van der Waals surface area contributed by atoms with E-state index in [2.05, 4.69) is 30.4 Å². The first-order valence-corrected chi connectivity index (χ1v) is 6.86. The number of aromatic nitrogens is 4. The summed E-state index contributed by atoms with van der Waals surface area (Å²) in [6.07, 6.45) is 5.79. The van der Waals surface area contributed by atoms with Gasteiger partial charge in [-0.2, -0.15) is 5.10 Å². The molecule has 2 N–H and O–H groups in total. The topological polar surface area (TPSA) is 61.7 Å². The van der Waals surface area contributed by atoms with Crippen LogP contribution in [0.1, 0.15) is 33.0 Å². The van der Waals surface area contributed by atoms with Crippen LogP contribution in [-0.4, -0.2) is 19.3 Å². The Morgan fingerprint density at radius 3 is 2.63 bits per heavy atom. The zero-order valence-electron chi connectivity index (χ0n) is 12.2. The number of nitrogens with zero attached hydrogens (tertiary/aromatic N) is 4. The lowest BCUT2D eigenvalue weighted by atomic mass is 10.2. The number of imidazole rings is 1. The summed E-state index contributed by atoms with van der Waals surface area (Å²) in [4.78, 5) is 4.72. The van der Waals surface area contributed by atoms with Gasteiger partial charge in [0.1, 0.15) is 17.3 Å². The first-order valence-electron chi connectivity index (χ1n) is 6.86. The minimum Gasteiger partial charge on any atom is -0.383 e. The summed E-state index contributed by atoms with van der Waals surface area (Å²) < 4.78 is 3.92. The van der Waals surface area contributed by atoms with Gasteiger partial charge in [-0.15, -0.1) is 0 Å². The zero-order valence-corrected chi connectivity index (χ0v) is 12.2. The summed E-state index contributed by atoms with van der Waals surface area (Å²) in [6.45, 7) is 7.46. The van der Waals surface area contributed by atoms with E-state index < -0.39 is 0 Å². The Bertz CT molecular complexity index is 550. The Balaban J connectivity index is 2.45. The second-order valence-corrected chi connectivity index (χ2v) is 5.42. The summed E-state index contributed by atoms with van der Waals surface area (Å²) in [5.74, 6) is 2.38. The minimum atomic E-state index is 0.550. The largest absolute Gasteiger partial charge is 0.383 e. The van der Waals surface area contributed by atoms with E-state index in [-0.39, 0.29) is 0 Å². The Labute approximate surface area is 114 Å². The Hall–Kier alpha value is -1.78. The summed E-state index contributed by atoms with van der Waals surface area (Å²) in [7, 11) is 1.90. The number of hydrogen-bond acceptors (Lipinski definition) is 3. The molecule has 0 aromatic carbocycles. The molecule has 5 heteroatoms. The second-order valence-electron chi connectivity index (χ2n) is 5.42. The zero-order chi connectivity index (χ0) is 14.0. The van der Waals surface area contributed by atoms with Gasteiger partial charge in [-0.25, -0.2) is 4.98 Å². The van der Waals surface area contributed by atoms with E-state index in [1.165, 1.54) is 0 Å². The van der Waals surface area contributed by atoms with Crippen molar-refractivity contribution in [2.75, 3.05) is 5.73 Å². The molecule has 0 bridgehead atoms. The maximum atomic E-state index is 6.29. The maximum absolute atomic E-state index is 6.29. The van der Waals surface area contributed by atoms with Crippen molar-refractivity contribution in [2.24, 2.45) is 13.0 Å². The third-order valence-electron chi connectivity index (χ3n) is 3.09. The Morgan fingerprint density at radius 2 is 2.11 bits per heavy atom. The molecule has 2 rings (SSSR count). The smallest absolute Gasteiger partial charge is 0.131 e. The van der Waals surface area contributed by atoms with Crippen molar-refractivity contribution < 1.29 is 0 Å². The maximum Gasteiger partial charge on any atom is 0.131 e. The summed E-state index contributed by atoms with van der Waals surface area (Å²) in [5.41, 5.74) is 8.13. The summed E-state index contributed by atoms with van der Waals surface area (Å²) in [5, 5.41) is 4.19. The van der Waals surface area contributed by atoms with Crippen LogP contribution in [0.25, 0.3) is 11.3 Å². The van der Waals surface area contributed by atoms with Crippen LogP contribution in [-0.2, 0) is 20.0 Å². The Morgan fingerprint density at radius 1 is 1.37 bits per heavy atom. The van der Waals surface area contributed by atoms with E-state index in [1.54, 1.807) is 4.68 Å². The molecule has 2 aromatic rings. The molecule has 19 heavy (non-hydrogen) atoms. The van der Waals surface area contributed by atoms with Gasteiger partial charge in [0.2, 0.25) is 0 Å². The minimum absolute atomic E-state index is 0.550. The molecule has 0 fully saturated rings. The normalized spacial score (nSPS) is 11.4. The fourth-order valence-electron chi connectivity index (χ4n) is 2.25. The molecule has 0 spiro atoms. The highest BCUT2D eigenvalue weighted by molar-refractivity contribution is 5.69. The molecule has 0 atom stereocenters. The van der Waals surface area contributed by atoms with Crippen LogP contribution in [0.15, 0.2) is 12.4 Å². The van der Waals surface area contributed by atoms with E-state index in [9.17, 15) is 0 Å². The molecule has 0 saturated carbocycles. The van der Waals surface area contributed by atoms with Gasteiger partial charge in [-0.05, 0) is 12.3 Å². The molecule has 2 heterocycles. The average molecular weight is 261 g/mol. The molecule has 0 aliphatic carbocycles. The van der Waals surface area contributed by atoms with Crippen molar-refractivity contribution in [3.63, 3.8) is 0 Å². The molecular weight excluding hydrogens is 238 g/mol. The van der Waals surface area contributed by atoms with Crippen LogP contribution in [0.2, 0.25) is 0 Å². The molecule has 2 aromatic heterocycles. The van der Waals surface area contributed by atoms with E-state index in [0.717, 1.165) is 42.3 Å². The standard InChI is InChI=1S/C14H23N5/c1-5-6-12-17-13(11-7-16-18(4)9-11)14(15)19(12)8-10(2)3/h7,9-10H,5-6,8,15H2,1-4H3. The molecule has 0 aliphatic heterocycles. The Kier molecular flexibility index (Phi) is 3.93. The number of rotatable bonds is 5. The highest BCUT2D eigenvalue weighted by Gasteiger charge is 2.17. The lowest BCUT2D eigenvalue weighted by Gasteiger charge is -2.11. The van der Waals surface area contributed by atoms with Gasteiger partial charge in [0.25, 0.3) is 0 Å². The highest BCUT2D eigenvalue weighted by Crippen LogP contribution is 2.27. The van der Waals surface area contributed by atoms with Crippen LogP contribution in [0.5, 0.6) is 0 Å². The van der Waals surface area contributed by atoms with Crippen LogP contribution in [0, 0.1) is 5.92 Å².